The summed E-state index contributed by atoms with van der Waals surface area (Å²) in [6, 6.07) is 3.83. The predicted molar refractivity (Wildman–Crippen MR) is 49.1 cm³/mol. The number of rotatable bonds is 1. The Labute approximate surface area is 76.2 Å². The van der Waals surface area contributed by atoms with Crippen LogP contribution in [0.1, 0.15) is 5.69 Å². The highest BCUT2D eigenvalue weighted by atomic mass is 16.1. The first-order chi connectivity index (χ1) is 6.27. The predicted octanol–water partition coefficient (Wildman–Crippen LogP) is 0.151. The molecule has 3 N–H and O–H groups in total. The highest BCUT2D eigenvalue weighted by Gasteiger charge is 2.22. The molecule has 0 aliphatic carbocycles. The minimum absolute atomic E-state index is 0.123. The van der Waals surface area contributed by atoms with Gasteiger partial charge in [0.15, 0.2) is 0 Å². The van der Waals surface area contributed by atoms with Crippen LogP contribution in [-0.4, -0.2) is 17.4 Å². The lowest BCUT2D eigenvalue weighted by atomic mass is 9.97. The quantitative estimate of drug-likeness (QED) is 0.641. The first-order valence-electron chi connectivity index (χ1n) is 4.24. The van der Waals surface area contributed by atoms with Crippen molar-refractivity contribution in [3.8, 4) is 0 Å². The van der Waals surface area contributed by atoms with E-state index in [2.05, 4.69) is 10.3 Å². The lowest BCUT2D eigenvalue weighted by Crippen LogP contribution is -2.34. The molecular formula is C9H11N3O. The van der Waals surface area contributed by atoms with Crippen LogP contribution in [0.5, 0.6) is 0 Å². The fourth-order valence-corrected chi connectivity index (χ4v) is 1.50. The van der Waals surface area contributed by atoms with E-state index in [4.69, 9.17) is 5.73 Å². The summed E-state index contributed by atoms with van der Waals surface area (Å²) in [5.41, 5.74) is 7.16. The van der Waals surface area contributed by atoms with Crippen molar-refractivity contribution in [1.29, 1.82) is 0 Å². The summed E-state index contributed by atoms with van der Waals surface area (Å²) < 4.78 is 0. The number of hydrogen-bond donors (Lipinski definition) is 2. The summed E-state index contributed by atoms with van der Waals surface area (Å²) in [5.74, 6) is -0.383. The summed E-state index contributed by atoms with van der Waals surface area (Å²) in [4.78, 5) is 15.1. The Bertz CT molecular complexity index is 337. The molecule has 1 aromatic rings. The molecule has 4 nitrogen and oxygen atoms in total. The summed E-state index contributed by atoms with van der Waals surface area (Å²) in [6.45, 7) is 0.619. The number of pyridine rings is 1. The van der Waals surface area contributed by atoms with Crippen molar-refractivity contribution in [2.75, 3.05) is 11.9 Å². The molecule has 13 heavy (non-hydrogen) atoms. The van der Waals surface area contributed by atoms with Gasteiger partial charge in [0.1, 0.15) is 0 Å². The van der Waals surface area contributed by atoms with Crippen LogP contribution in [-0.2, 0) is 11.2 Å². The van der Waals surface area contributed by atoms with Gasteiger partial charge >= 0.3 is 0 Å². The lowest BCUT2D eigenvalue weighted by Gasteiger charge is -2.22. The third kappa shape index (κ3) is 1.47. The molecular weight excluding hydrogens is 166 g/mol. The van der Waals surface area contributed by atoms with Gasteiger partial charge in [0.2, 0.25) is 5.91 Å². The van der Waals surface area contributed by atoms with Crippen LogP contribution in [0.3, 0.4) is 0 Å². The maximum Gasteiger partial charge on any atom is 0.222 e. The number of fused-ring (bicyclic) bond motifs is 1. The number of carbonyl (C=O) groups excluding carboxylic acids is 1. The van der Waals surface area contributed by atoms with Crippen LogP contribution < -0.4 is 11.1 Å². The molecule has 1 unspecified atom stereocenters. The fraction of sp³-hybridized carbons (Fsp3) is 0.333. The minimum atomic E-state index is -0.260. The number of carbonyl (C=O) groups is 1. The lowest BCUT2D eigenvalue weighted by molar-refractivity contribution is -0.121. The third-order valence-electron chi connectivity index (χ3n) is 2.27. The highest BCUT2D eigenvalue weighted by molar-refractivity contribution is 5.78. The number of anilines is 1. The molecule has 1 aromatic heterocycles. The minimum Gasteiger partial charge on any atom is -0.383 e. The van der Waals surface area contributed by atoms with Gasteiger partial charge in [-0.2, -0.15) is 0 Å². The maximum atomic E-state index is 10.9. The molecule has 2 rings (SSSR count). The maximum absolute atomic E-state index is 10.9. The van der Waals surface area contributed by atoms with Gasteiger partial charge in [-0.25, -0.2) is 0 Å². The summed E-state index contributed by atoms with van der Waals surface area (Å²) in [7, 11) is 0. The fourth-order valence-electron chi connectivity index (χ4n) is 1.50. The van der Waals surface area contributed by atoms with E-state index in [0.717, 1.165) is 11.4 Å². The molecule has 68 valence electrons. The molecule has 0 fully saturated rings. The molecule has 0 aromatic carbocycles. The zero-order valence-electron chi connectivity index (χ0n) is 7.16. The van der Waals surface area contributed by atoms with Gasteiger partial charge in [0.25, 0.3) is 0 Å². The van der Waals surface area contributed by atoms with Crippen LogP contribution >= 0.6 is 0 Å². The first-order valence-corrected chi connectivity index (χ1v) is 4.24. The molecule has 0 spiro atoms. The number of hydrogen-bond acceptors (Lipinski definition) is 3. The van der Waals surface area contributed by atoms with Gasteiger partial charge in [0, 0.05) is 19.2 Å². The van der Waals surface area contributed by atoms with Gasteiger partial charge in [-0.05, 0) is 12.1 Å². The second-order valence-corrected chi connectivity index (χ2v) is 3.18. The van der Waals surface area contributed by atoms with Crippen LogP contribution in [0.4, 0.5) is 5.69 Å². The monoisotopic (exact) mass is 177 g/mol. The first kappa shape index (κ1) is 8.04. The molecule has 0 bridgehead atoms. The standard InChI is InChI=1S/C9H11N3O/c10-9(13)6-4-8-7(12-5-6)2-1-3-11-8/h1-3,6,12H,4-5H2,(H2,10,13). The van der Waals surface area contributed by atoms with Crippen molar-refractivity contribution in [1.82, 2.24) is 4.98 Å². The highest BCUT2D eigenvalue weighted by Crippen LogP contribution is 2.21. The average molecular weight is 177 g/mol. The summed E-state index contributed by atoms with van der Waals surface area (Å²) in [5, 5.41) is 3.13. The zero-order valence-corrected chi connectivity index (χ0v) is 7.16. The Morgan fingerprint density at radius 2 is 2.54 bits per heavy atom. The SMILES string of the molecule is NC(=O)C1CNc2cccnc2C1. The van der Waals surface area contributed by atoms with E-state index < -0.39 is 0 Å². The van der Waals surface area contributed by atoms with Gasteiger partial charge in [-0.3, -0.25) is 9.78 Å². The topological polar surface area (TPSA) is 68.0 Å². The number of aromatic nitrogens is 1. The van der Waals surface area contributed by atoms with Crippen LogP contribution in [0, 0.1) is 5.92 Å². The van der Waals surface area contributed by atoms with Crippen LogP contribution in [0.25, 0.3) is 0 Å². The van der Waals surface area contributed by atoms with Crippen molar-refractivity contribution >= 4 is 11.6 Å². The van der Waals surface area contributed by atoms with E-state index in [1.807, 2.05) is 12.1 Å². The second-order valence-electron chi connectivity index (χ2n) is 3.18. The number of nitrogens with zero attached hydrogens (tertiary/aromatic N) is 1. The van der Waals surface area contributed by atoms with E-state index in [1.165, 1.54) is 0 Å². The molecule has 4 heteroatoms. The molecule has 1 aliphatic rings. The van der Waals surface area contributed by atoms with Crippen molar-refractivity contribution in [3.63, 3.8) is 0 Å². The van der Waals surface area contributed by atoms with Crippen LogP contribution in [0.2, 0.25) is 0 Å². The average Bonchev–Trinajstić information content (AvgIpc) is 2.17. The van der Waals surface area contributed by atoms with E-state index >= 15 is 0 Å². The van der Waals surface area contributed by atoms with E-state index in [1.54, 1.807) is 6.20 Å². The Hall–Kier alpha value is -1.58. The van der Waals surface area contributed by atoms with Crippen LogP contribution in [0.15, 0.2) is 18.3 Å². The van der Waals surface area contributed by atoms with Crippen molar-refractivity contribution in [3.05, 3.63) is 24.0 Å². The Morgan fingerprint density at radius 3 is 3.31 bits per heavy atom. The zero-order chi connectivity index (χ0) is 9.26. The summed E-state index contributed by atoms with van der Waals surface area (Å²) >= 11 is 0. The van der Waals surface area contributed by atoms with E-state index in [9.17, 15) is 4.79 Å². The Kier molecular flexibility index (Phi) is 1.88. The Morgan fingerprint density at radius 1 is 1.69 bits per heavy atom. The van der Waals surface area contributed by atoms with Crippen molar-refractivity contribution in [2.24, 2.45) is 11.7 Å². The number of nitrogens with one attached hydrogen (secondary N) is 1. The van der Waals surface area contributed by atoms with Gasteiger partial charge < -0.3 is 11.1 Å². The number of nitrogens with two attached hydrogens (primary N) is 1. The smallest absolute Gasteiger partial charge is 0.222 e. The second kappa shape index (κ2) is 3.05. The molecule has 0 saturated heterocycles. The molecule has 1 aliphatic heterocycles. The normalized spacial score (nSPS) is 20.2. The van der Waals surface area contributed by atoms with Crippen molar-refractivity contribution in [2.45, 2.75) is 6.42 Å². The summed E-state index contributed by atoms with van der Waals surface area (Å²) in [6.07, 6.45) is 2.38. The van der Waals surface area contributed by atoms with E-state index in [0.29, 0.717) is 13.0 Å². The molecule has 1 amide bonds. The molecule has 1 atom stereocenters. The number of amides is 1. The van der Waals surface area contributed by atoms with Crippen molar-refractivity contribution < 1.29 is 4.79 Å². The molecule has 2 heterocycles. The Balaban J connectivity index is 2.24. The number of primary amides is 1. The van der Waals surface area contributed by atoms with Gasteiger partial charge in [0.05, 0.1) is 17.3 Å². The largest absolute Gasteiger partial charge is 0.383 e. The molecule has 0 radical (unpaired) electrons. The van der Waals surface area contributed by atoms with E-state index in [-0.39, 0.29) is 11.8 Å². The van der Waals surface area contributed by atoms with Gasteiger partial charge in [-0.15, -0.1) is 0 Å². The molecule has 0 saturated carbocycles. The third-order valence-corrected chi connectivity index (χ3v) is 2.27. The van der Waals surface area contributed by atoms with Gasteiger partial charge in [-0.1, -0.05) is 0 Å².